The zero-order valence-corrected chi connectivity index (χ0v) is 24.7. The molecule has 1 aliphatic heterocycles. The Morgan fingerprint density at radius 3 is 2.29 bits per heavy atom. The Bertz CT molecular complexity index is 1480. The van der Waals surface area contributed by atoms with E-state index in [0.29, 0.717) is 17.5 Å². The summed E-state index contributed by atoms with van der Waals surface area (Å²) in [5, 5.41) is 5.92. The Hall–Kier alpha value is -3.86. The van der Waals surface area contributed by atoms with Crippen LogP contribution < -0.4 is 10.6 Å². The molecule has 2 N–H and O–H groups in total. The van der Waals surface area contributed by atoms with Crippen LogP contribution >= 0.6 is 0 Å². The van der Waals surface area contributed by atoms with Gasteiger partial charge in [0.15, 0.2) is 0 Å². The lowest BCUT2D eigenvalue weighted by Gasteiger charge is -2.24. The van der Waals surface area contributed by atoms with Gasteiger partial charge in [0.25, 0.3) is 0 Å². The first-order chi connectivity index (χ1) is 19.5. The van der Waals surface area contributed by atoms with Crippen LogP contribution in [0.2, 0.25) is 0 Å². The number of benzene rings is 2. The molecule has 2 heterocycles. The second kappa shape index (κ2) is 11.8. The van der Waals surface area contributed by atoms with Crippen molar-refractivity contribution < 1.29 is 32.2 Å². The molecule has 0 aliphatic carbocycles. The zero-order chi connectivity index (χ0) is 30.9. The summed E-state index contributed by atoms with van der Waals surface area (Å²) >= 11 is 0. The number of aliphatic imine (C=N–C) groups is 1. The molecule has 11 heteroatoms. The molecule has 0 fully saturated rings. The van der Waals surface area contributed by atoms with E-state index in [2.05, 4.69) is 15.6 Å². The van der Waals surface area contributed by atoms with E-state index in [1.54, 1.807) is 58.4 Å². The number of hydrogen-bond donors (Lipinski definition) is 2. The number of aryl methyl sites for hydroxylation is 2. The number of hydrogen-bond acceptors (Lipinski definition) is 5. The fourth-order valence-electron chi connectivity index (χ4n) is 4.96. The first-order valence-electron chi connectivity index (χ1n) is 13.8. The molecule has 8 nitrogen and oxygen atoms in total. The molecule has 42 heavy (non-hydrogen) atoms. The van der Waals surface area contributed by atoms with Crippen molar-refractivity contribution in [3.8, 4) is 0 Å². The summed E-state index contributed by atoms with van der Waals surface area (Å²) in [6, 6.07) is 11.7. The number of alkyl halides is 3. The average molecular weight is 587 g/mol. The highest BCUT2D eigenvalue weighted by molar-refractivity contribution is 6.03. The molecule has 0 spiro atoms. The Kier molecular flexibility index (Phi) is 8.73. The molecule has 0 saturated carbocycles. The van der Waals surface area contributed by atoms with Crippen LogP contribution in [0.25, 0.3) is 10.9 Å². The first-order valence-corrected chi connectivity index (χ1v) is 13.8. The van der Waals surface area contributed by atoms with Gasteiger partial charge in [-0.1, -0.05) is 36.4 Å². The van der Waals surface area contributed by atoms with Gasteiger partial charge in [-0.25, -0.2) is 9.59 Å². The van der Waals surface area contributed by atoms with E-state index in [9.17, 15) is 22.8 Å². The summed E-state index contributed by atoms with van der Waals surface area (Å²) in [6.07, 6.45) is -4.05. The van der Waals surface area contributed by atoms with Gasteiger partial charge >= 0.3 is 18.4 Å². The number of aromatic nitrogens is 1. The number of carbonyl (C=O) groups excluding carboxylic acids is 2. The third-order valence-corrected chi connectivity index (χ3v) is 6.50. The minimum Gasteiger partial charge on any atom is -0.444 e. The van der Waals surface area contributed by atoms with Gasteiger partial charge in [-0.3, -0.25) is 5.32 Å². The van der Waals surface area contributed by atoms with Crippen LogP contribution in [0.15, 0.2) is 53.7 Å². The van der Waals surface area contributed by atoms with E-state index >= 15 is 0 Å². The molecule has 0 radical (unpaired) electrons. The number of carbonyl (C=O) groups is 2. The average Bonchev–Trinajstić information content (AvgIpc) is 3.15. The number of halogens is 3. The second-order valence-electron chi connectivity index (χ2n) is 12.3. The lowest BCUT2D eigenvalue weighted by molar-refractivity contribution is -0.136. The summed E-state index contributed by atoms with van der Waals surface area (Å²) in [7, 11) is 0. The number of ether oxygens (including phenoxy) is 2. The predicted molar refractivity (Wildman–Crippen MR) is 154 cm³/mol. The minimum absolute atomic E-state index is 0.0616. The fraction of sp³-hybridized carbons (Fsp3) is 0.452. The van der Waals surface area contributed by atoms with Crippen molar-refractivity contribution in [2.75, 3.05) is 0 Å². The second-order valence-corrected chi connectivity index (χ2v) is 12.3. The number of alkyl carbamates (subject to hydrolysis) is 1. The molecule has 0 saturated heterocycles. The molecule has 1 aliphatic rings. The molecule has 1 aromatic heterocycles. The maximum absolute atomic E-state index is 14.5. The van der Waals surface area contributed by atoms with Crippen LogP contribution in [-0.4, -0.2) is 39.8 Å². The highest BCUT2D eigenvalue weighted by atomic mass is 19.4. The standard InChI is InChI=1S/C31H37F3N4O4/c1-29(2,3)41-27(39)36-26(37-28(40)42-30(4,5)6)23-18-38-15-14-22-24(31(32,33)34)20(16-21(17-35-23)25(22)38)13-12-19-10-8-7-9-11-19/h7-11,14-16,23,35H,12-13,17-18H2,1-6H3,(H,36,37,39,40). The summed E-state index contributed by atoms with van der Waals surface area (Å²) in [4.78, 5) is 29.4. The third-order valence-electron chi connectivity index (χ3n) is 6.50. The molecule has 1 unspecified atom stereocenters. The SMILES string of the molecule is CC(C)(C)OC(=O)/N=C(\NC(=O)OC(C)(C)C)C1Cn2ccc3c(C(F)(F)F)c(CCc4ccccc4)cc(c32)CN1. The highest BCUT2D eigenvalue weighted by Gasteiger charge is 2.37. The Morgan fingerprint density at radius 2 is 1.67 bits per heavy atom. The molecular formula is C31H37F3N4O4. The lowest BCUT2D eigenvalue weighted by Crippen LogP contribution is -2.49. The van der Waals surface area contributed by atoms with Gasteiger partial charge in [0, 0.05) is 24.7 Å². The quantitative estimate of drug-likeness (QED) is 0.260. The van der Waals surface area contributed by atoms with Crippen molar-refractivity contribution in [1.82, 2.24) is 15.2 Å². The molecule has 2 aromatic carbocycles. The molecule has 226 valence electrons. The van der Waals surface area contributed by atoms with E-state index in [4.69, 9.17) is 9.47 Å². The van der Waals surface area contributed by atoms with Gasteiger partial charge in [-0.05, 0) is 77.1 Å². The summed E-state index contributed by atoms with van der Waals surface area (Å²) in [5.74, 6) is -0.0616. The summed E-state index contributed by atoms with van der Waals surface area (Å²) in [6.45, 7) is 10.4. The molecular weight excluding hydrogens is 549 g/mol. The molecule has 2 amide bonds. The monoisotopic (exact) mass is 586 g/mol. The number of rotatable bonds is 4. The Balaban J connectivity index is 1.71. The first kappa shape index (κ1) is 31.1. The predicted octanol–water partition coefficient (Wildman–Crippen LogP) is 6.78. The maximum atomic E-state index is 14.5. The Morgan fingerprint density at radius 1 is 1.00 bits per heavy atom. The van der Waals surface area contributed by atoms with E-state index in [0.717, 1.165) is 5.56 Å². The summed E-state index contributed by atoms with van der Waals surface area (Å²) < 4.78 is 55.8. The van der Waals surface area contributed by atoms with Crippen LogP contribution in [-0.2, 0) is 41.6 Å². The van der Waals surface area contributed by atoms with Crippen LogP contribution in [0.1, 0.15) is 63.8 Å². The van der Waals surface area contributed by atoms with Gasteiger partial charge in [0.2, 0.25) is 0 Å². The normalized spacial score (nSPS) is 16.2. The molecule has 3 aromatic rings. The van der Waals surface area contributed by atoms with Crippen molar-refractivity contribution in [3.63, 3.8) is 0 Å². The third kappa shape index (κ3) is 7.90. The van der Waals surface area contributed by atoms with Crippen LogP contribution in [0.4, 0.5) is 22.8 Å². The van der Waals surface area contributed by atoms with Crippen molar-refractivity contribution in [1.29, 1.82) is 0 Å². The van der Waals surface area contributed by atoms with E-state index in [-0.39, 0.29) is 36.3 Å². The van der Waals surface area contributed by atoms with Crippen molar-refractivity contribution in [2.45, 2.75) is 90.9 Å². The molecule has 0 bridgehead atoms. The van der Waals surface area contributed by atoms with Gasteiger partial charge < -0.3 is 19.4 Å². The van der Waals surface area contributed by atoms with E-state index in [1.807, 2.05) is 30.3 Å². The maximum Gasteiger partial charge on any atom is 0.435 e. The van der Waals surface area contributed by atoms with Crippen LogP contribution in [0.5, 0.6) is 0 Å². The fourth-order valence-corrected chi connectivity index (χ4v) is 4.96. The van der Waals surface area contributed by atoms with E-state index < -0.39 is 41.2 Å². The smallest absolute Gasteiger partial charge is 0.435 e. The number of nitrogens with one attached hydrogen (secondary N) is 2. The summed E-state index contributed by atoms with van der Waals surface area (Å²) in [5.41, 5.74) is -0.0298. The van der Waals surface area contributed by atoms with Crippen LogP contribution in [0, 0.1) is 0 Å². The largest absolute Gasteiger partial charge is 0.444 e. The minimum atomic E-state index is -4.56. The number of nitrogens with zero attached hydrogens (tertiary/aromatic N) is 2. The number of amides is 2. The van der Waals surface area contributed by atoms with Gasteiger partial charge in [0.05, 0.1) is 17.1 Å². The lowest BCUT2D eigenvalue weighted by atomic mass is 9.94. The highest BCUT2D eigenvalue weighted by Crippen LogP contribution is 2.40. The molecule has 1 atom stereocenters. The van der Waals surface area contributed by atoms with Crippen molar-refractivity contribution in [3.05, 3.63) is 70.9 Å². The topological polar surface area (TPSA) is 93.9 Å². The number of amidine groups is 1. The van der Waals surface area contributed by atoms with Crippen molar-refractivity contribution in [2.24, 2.45) is 4.99 Å². The van der Waals surface area contributed by atoms with Gasteiger partial charge in [-0.2, -0.15) is 18.2 Å². The van der Waals surface area contributed by atoms with E-state index in [1.165, 1.54) is 6.07 Å². The Labute approximate surface area is 243 Å². The van der Waals surface area contributed by atoms with Crippen LogP contribution in [0.3, 0.4) is 0 Å². The van der Waals surface area contributed by atoms with Gasteiger partial charge in [-0.15, -0.1) is 0 Å². The zero-order valence-electron chi connectivity index (χ0n) is 24.7. The van der Waals surface area contributed by atoms with Crippen molar-refractivity contribution >= 4 is 28.9 Å². The van der Waals surface area contributed by atoms with Gasteiger partial charge in [0.1, 0.15) is 17.0 Å². The molecule has 4 rings (SSSR count).